The van der Waals surface area contributed by atoms with Crippen molar-refractivity contribution in [1.29, 1.82) is 0 Å². The Morgan fingerprint density at radius 3 is 2.50 bits per heavy atom. The molecule has 0 aromatic heterocycles. The second kappa shape index (κ2) is 10.4. The summed E-state index contributed by atoms with van der Waals surface area (Å²) in [5, 5.41) is 3.38. The Morgan fingerprint density at radius 1 is 1.07 bits per heavy atom. The van der Waals surface area contributed by atoms with E-state index in [9.17, 15) is 4.21 Å². The molecule has 0 amide bonds. The van der Waals surface area contributed by atoms with E-state index in [1.54, 1.807) is 0 Å². The SMILES string of the molecule is CN=C(NCCS(=O)c1ccccc1)N1CCN(Cc2cccc(C)c2)CC1. The van der Waals surface area contributed by atoms with Gasteiger partial charge >= 0.3 is 0 Å². The highest BCUT2D eigenvalue weighted by molar-refractivity contribution is 7.85. The van der Waals surface area contributed by atoms with Crippen molar-refractivity contribution in [2.75, 3.05) is 45.5 Å². The first-order chi connectivity index (χ1) is 13.7. The number of nitrogens with one attached hydrogen (secondary N) is 1. The van der Waals surface area contributed by atoms with Crippen molar-refractivity contribution < 1.29 is 4.21 Å². The number of rotatable bonds is 6. The van der Waals surface area contributed by atoms with Crippen LogP contribution in [-0.4, -0.2) is 65.5 Å². The molecule has 5 nitrogen and oxygen atoms in total. The Kier molecular flexibility index (Phi) is 7.62. The molecular formula is C22H30N4OS. The third-order valence-electron chi connectivity index (χ3n) is 4.95. The summed E-state index contributed by atoms with van der Waals surface area (Å²) in [7, 11) is 0.834. The number of hydrogen-bond donors (Lipinski definition) is 1. The molecule has 0 spiro atoms. The zero-order valence-electron chi connectivity index (χ0n) is 16.8. The monoisotopic (exact) mass is 398 g/mol. The van der Waals surface area contributed by atoms with E-state index in [4.69, 9.17) is 0 Å². The summed E-state index contributed by atoms with van der Waals surface area (Å²) >= 11 is 0. The third kappa shape index (κ3) is 5.91. The fourth-order valence-corrected chi connectivity index (χ4v) is 4.45. The summed E-state index contributed by atoms with van der Waals surface area (Å²) in [5.41, 5.74) is 2.69. The van der Waals surface area contributed by atoms with Gasteiger partial charge in [0.15, 0.2) is 5.96 Å². The van der Waals surface area contributed by atoms with E-state index in [-0.39, 0.29) is 0 Å². The molecule has 1 fully saturated rings. The molecular weight excluding hydrogens is 368 g/mol. The average molecular weight is 399 g/mol. The van der Waals surface area contributed by atoms with Crippen molar-refractivity contribution in [3.05, 3.63) is 65.7 Å². The lowest BCUT2D eigenvalue weighted by Crippen LogP contribution is -2.52. The zero-order valence-corrected chi connectivity index (χ0v) is 17.6. The average Bonchev–Trinajstić information content (AvgIpc) is 2.72. The lowest BCUT2D eigenvalue weighted by atomic mass is 10.1. The van der Waals surface area contributed by atoms with Crippen LogP contribution in [0.2, 0.25) is 0 Å². The Hall–Kier alpha value is -2.18. The maximum atomic E-state index is 12.3. The van der Waals surface area contributed by atoms with E-state index < -0.39 is 10.8 Å². The standard InChI is InChI=1S/C22H30N4OS/c1-19-7-6-8-20(17-19)18-25-12-14-26(15-13-25)22(23-2)24-11-16-28(27)21-9-4-3-5-10-21/h3-10,17H,11-16,18H2,1-2H3,(H,23,24). The lowest BCUT2D eigenvalue weighted by Gasteiger charge is -2.36. The number of benzene rings is 2. The molecule has 1 saturated heterocycles. The molecule has 2 aromatic rings. The van der Waals surface area contributed by atoms with Gasteiger partial charge in [-0.15, -0.1) is 0 Å². The van der Waals surface area contributed by atoms with Gasteiger partial charge in [0.05, 0.1) is 10.8 Å². The van der Waals surface area contributed by atoms with Crippen molar-refractivity contribution in [3.63, 3.8) is 0 Å². The summed E-state index contributed by atoms with van der Waals surface area (Å²) in [6, 6.07) is 18.4. The van der Waals surface area contributed by atoms with E-state index in [0.29, 0.717) is 12.3 Å². The molecule has 150 valence electrons. The topological polar surface area (TPSA) is 47.9 Å². The van der Waals surface area contributed by atoms with Crippen LogP contribution < -0.4 is 5.32 Å². The Balaban J connectivity index is 1.43. The maximum absolute atomic E-state index is 12.3. The van der Waals surface area contributed by atoms with Gasteiger partial charge in [-0.1, -0.05) is 48.0 Å². The Labute approximate surface area is 170 Å². The van der Waals surface area contributed by atoms with Gasteiger partial charge in [0.25, 0.3) is 0 Å². The van der Waals surface area contributed by atoms with Crippen LogP contribution in [0.1, 0.15) is 11.1 Å². The Morgan fingerprint density at radius 2 is 1.82 bits per heavy atom. The highest BCUT2D eigenvalue weighted by Gasteiger charge is 2.19. The van der Waals surface area contributed by atoms with Crippen molar-refractivity contribution in [3.8, 4) is 0 Å². The minimum atomic E-state index is -0.981. The van der Waals surface area contributed by atoms with Crippen LogP contribution in [0.3, 0.4) is 0 Å². The van der Waals surface area contributed by atoms with Gasteiger partial charge in [0, 0.05) is 57.0 Å². The van der Waals surface area contributed by atoms with Crippen LogP contribution >= 0.6 is 0 Å². The second-order valence-corrected chi connectivity index (χ2v) is 8.66. The molecule has 1 N–H and O–H groups in total. The zero-order chi connectivity index (χ0) is 19.8. The molecule has 1 atom stereocenters. The van der Waals surface area contributed by atoms with E-state index in [2.05, 4.69) is 51.3 Å². The summed E-state index contributed by atoms with van der Waals surface area (Å²) in [4.78, 5) is 10.1. The highest BCUT2D eigenvalue weighted by Crippen LogP contribution is 2.10. The molecule has 28 heavy (non-hydrogen) atoms. The molecule has 3 rings (SSSR count). The number of aryl methyl sites for hydroxylation is 1. The molecule has 6 heteroatoms. The summed E-state index contributed by atoms with van der Waals surface area (Å²) in [6.45, 7) is 7.73. The van der Waals surface area contributed by atoms with Gasteiger partial charge in [-0.25, -0.2) is 0 Å². The van der Waals surface area contributed by atoms with Crippen LogP contribution in [0, 0.1) is 6.92 Å². The number of hydrogen-bond acceptors (Lipinski definition) is 3. The van der Waals surface area contributed by atoms with Gasteiger partial charge < -0.3 is 10.2 Å². The molecule has 0 aliphatic carbocycles. The second-order valence-electron chi connectivity index (χ2n) is 7.09. The van der Waals surface area contributed by atoms with Crippen LogP contribution in [0.5, 0.6) is 0 Å². The fraction of sp³-hybridized carbons (Fsp3) is 0.409. The number of aliphatic imine (C=N–C) groups is 1. The summed E-state index contributed by atoms with van der Waals surface area (Å²) in [6.07, 6.45) is 0. The molecule has 0 bridgehead atoms. The predicted octanol–water partition coefficient (Wildman–Crippen LogP) is 2.50. The minimum Gasteiger partial charge on any atom is -0.355 e. The van der Waals surface area contributed by atoms with Crippen molar-refractivity contribution in [2.24, 2.45) is 4.99 Å². The van der Waals surface area contributed by atoms with Gasteiger partial charge in [-0.05, 0) is 24.6 Å². The summed E-state index contributed by atoms with van der Waals surface area (Å²) < 4.78 is 12.3. The van der Waals surface area contributed by atoms with Crippen molar-refractivity contribution >= 4 is 16.8 Å². The largest absolute Gasteiger partial charge is 0.355 e. The smallest absolute Gasteiger partial charge is 0.193 e. The molecule has 2 aromatic carbocycles. The van der Waals surface area contributed by atoms with Crippen LogP contribution in [0.25, 0.3) is 0 Å². The first kappa shape index (κ1) is 20.6. The van der Waals surface area contributed by atoms with E-state index in [1.807, 2.05) is 37.4 Å². The van der Waals surface area contributed by atoms with E-state index in [0.717, 1.165) is 43.6 Å². The highest BCUT2D eigenvalue weighted by atomic mass is 32.2. The van der Waals surface area contributed by atoms with Crippen LogP contribution in [0.15, 0.2) is 64.5 Å². The third-order valence-corrected chi connectivity index (χ3v) is 6.32. The molecule has 1 heterocycles. The normalized spacial score (nSPS) is 16.8. The van der Waals surface area contributed by atoms with Gasteiger partial charge in [0.2, 0.25) is 0 Å². The van der Waals surface area contributed by atoms with E-state index >= 15 is 0 Å². The summed E-state index contributed by atoms with van der Waals surface area (Å²) in [5.74, 6) is 1.48. The quantitative estimate of drug-likeness (QED) is 0.600. The maximum Gasteiger partial charge on any atom is 0.193 e. The Bertz CT molecular complexity index is 801. The molecule has 1 aliphatic rings. The molecule has 1 unspecified atom stereocenters. The van der Waals surface area contributed by atoms with Gasteiger partial charge in [-0.2, -0.15) is 0 Å². The van der Waals surface area contributed by atoms with E-state index in [1.165, 1.54) is 11.1 Å². The predicted molar refractivity (Wildman–Crippen MR) is 117 cm³/mol. The van der Waals surface area contributed by atoms with Crippen molar-refractivity contribution in [1.82, 2.24) is 15.1 Å². The lowest BCUT2D eigenvalue weighted by molar-refractivity contribution is 0.172. The molecule has 1 aliphatic heterocycles. The number of piperazine rings is 1. The minimum absolute atomic E-state index is 0.580. The van der Waals surface area contributed by atoms with Gasteiger partial charge in [0.1, 0.15) is 0 Å². The fourth-order valence-electron chi connectivity index (χ4n) is 3.46. The molecule has 0 radical (unpaired) electrons. The first-order valence-electron chi connectivity index (χ1n) is 9.82. The molecule has 0 saturated carbocycles. The first-order valence-corrected chi connectivity index (χ1v) is 11.1. The number of guanidine groups is 1. The van der Waals surface area contributed by atoms with Crippen LogP contribution in [-0.2, 0) is 17.3 Å². The number of nitrogens with zero attached hydrogens (tertiary/aromatic N) is 3. The van der Waals surface area contributed by atoms with Crippen molar-refractivity contribution in [2.45, 2.75) is 18.4 Å². The van der Waals surface area contributed by atoms with Crippen LogP contribution in [0.4, 0.5) is 0 Å². The van der Waals surface area contributed by atoms with Gasteiger partial charge in [-0.3, -0.25) is 14.1 Å².